The van der Waals surface area contributed by atoms with Crippen molar-refractivity contribution in [1.82, 2.24) is 0 Å². The summed E-state index contributed by atoms with van der Waals surface area (Å²) in [6.45, 7) is 1.82. The highest BCUT2D eigenvalue weighted by Gasteiger charge is 2.24. The highest BCUT2D eigenvalue weighted by Crippen LogP contribution is 2.26. The van der Waals surface area contributed by atoms with Gasteiger partial charge in [-0.15, -0.1) is 0 Å². The van der Waals surface area contributed by atoms with Gasteiger partial charge in [0.05, 0.1) is 10.0 Å². The first-order valence-corrected chi connectivity index (χ1v) is 6.83. The highest BCUT2D eigenvalue weighted by molar-refractivity contribution is 6.42. The third-order valence-electron chi connectivity index (χ3n) is 2.83. The van der Waals surface area contributed by atoms with Crippen molar-refractivity contribution in [2.75, 3.05) is 0 Å². The van der Waals surface area contributed by atoms with Crippen molar-refractivity contribution < 1.29 is 13.9 Å². The van der Waals surface area contributed by atoms with Crippen LogP contribution in [0.2, 0.25) is 10.0 Å². The van der Waals surface area contributed by atoms with Gasteiger partial charge in [-0.3, -0.25) is 0 Å². The van der Waals surface area contributed by atoms with Crippen LogP contribution < -0.4 is 0 Å². The van der Waals surface area contributed by atoms with Crippen LogP contribution in [0.15, 0.2) is 45.4 Å². The zero-order chi connectivity index (χ0) is 15.0. The molecular formula is C15H9Cl2NO3. The molecule has 2 heterocycles. The molecule has 0 bridgehead atoms. The number of cyclic esters (lactones) is 1. The van der Waals surface area contributed by atoms with Crippen LogP contribution in [-0.4, -0.2) is 11.9 Å². The lowest BCUT2D eigenvalue weighted by Gasteiger charge is -2.01. The van der Waals surface area contributed by atoms with E-state index in [2.05, 4.69) is 4.99 Å². The minimum Gasteiger partial charge on any atom is -0.462 e. The second kappa shape index (κ2) is 5.39. The third-order valence-corrected chi connectivity index (χ3v) is 3.57. The van der Waals surface area contributed by atoms with E-state index < -0.39 is 5.97 Å². The molecule has 0 aliphatic carbocycles. The molecule has 6 heteroatoms. The maximum atomic E-state index is 11.8. The van der Waals surface area contributed by atoms with Gasteiger partial charge < -0.3 is 9.15 Å². The van der Waals surface area contributed by atoms with Crippen LogP contribution in [0.3, 0.4) is 0 Å². The quantitative estimate of drug-likeness (QED) is 0.614. The summed E-state index contributed by atoms with van der Waals surface area (Å²) in [6.07, 6.45) is 1.53. The Hall–Kier alpha value is -2.04. The number of carbonyl (C=O) groups excluding carboxylic acids is 1. The Morgan fingerprint density at radius 3 is 2.62 bits per heavy atom. The molecule has 1 aliphatic heterocycles. The molecular weight excluding hydrogens is 313 g/mol. The molecule has 0 fully saturated rings. The van der Waals surface area contributed by atoms with Crippen LogP contribution in [0.5, 0.6) is 0 Å². The van der Waals surface area contributed by atoms with E-state index in [1.54, 1.807) is 30.3 Å². The summed E-state index contributed by atoms with van der Waals surface area (Å²) in [7, 11) is 0. The molecule has 2 aromatic rings. The molecule has 0 atom stereocenters. The van der Waals surface area contributed by atoms with E-state index in [9.17, 15) is 4.79 Å². The fraction of sp³-hybridized carbons (Fsp3) is 0.0667. The smallest absolute Gasteiger partial charge is 0.363 e. The first-order chi connectivity index (χ1) is 10.0. The number of furan rings is 1. The van der Waals surface area contributed by atoms with E-state index >= 15 is 0 Å². The topological polar surface area (TPSA) is 51.8 Å². The number of halogens is 2. The molecule has 1 aromatic carbocycles. The Labute approximate surface area is 130 Å². The minimum atomic E-state index is -0.537. The summed E-state index contributed by atoms with van der Waals surface area (Å²) < 4.78 is 10.5. The van der Waals surface area contributed by atoms with Crippen molar-refractivity contribution in [1.29, 1.82) is 0 Å². The van der Waals surface area contributed by atoms with Crippen LogP contribution in [0.1, 0.15) is 17.1 Å². The lowest BCUT2D eigenvalue weighted by atomic mass is 10.2. The van der Waals surface area contributed by atoms with E-state index in [0.717, 1.165) is 5.76 Å². The molecule has 21 heavy (non-hydrogen) atoms. The first kappa shape index (κ1) is 13.9. The van der Waals surface area contributed by atoms with E-state index in [1.165, 1.54) is 6.08 Å². The van der Waals surface area contributed by atoms with Gasteiger partial charge in [-0.25, -0.2) is 9.79 Å². The summed E-state index contributed by atoms with van der Waals surface area (Å²) >= 11 is 11.8. The molecule has 4 nitrogen and oxygen atoms in total. The van der Waals surface area contributed by atoms with Crippen molar-refractivity contribution in [2.45, 2.75) is 6.92 Å². The molecule has 106 valence electrons. The lowest BCUT2D eigenvalue weighted by Crippen LogP contribution is -2.05. The fourth-order valence-corrected chi connectivity index (χ4v) is 2.13. The average Bonchev–Trinajstić information content (AvgIpc) is 3.00. The molecule has 0 saturated carbocycles. The third kappa shape index (κ3) is 2.86. The molecule has 0 radical (unpaired) electrons. The number of ether oxygens (including phenoxy) is 1. The second-order valence-corrected chi connectivity index (χ2v) is 5.23. The Bertz CT molecular complexity index is 790. The monoisotopic (exact) mass is 321 g/mol. The van der Waals surface area contributed by atoms with Gasteiger partial charge in [-0.05, 0) is 37.3 Å². The van der Waals surface area contributed by atoms with Crippen LogP contribution in [0.4, 0.5) is 0 Å². The number of nitrogens with zero attached hydrogens (tertiary/aromatic N) is 1. The van der Waals surface area contributed by atoms with Crippen molar-refractivity contribution >= 4 is 41.1 Å². The Morgan fingerprint density at radius 2 is 1.95 bits per heavy atom. The van der Waals surface area contributed by atoms with E-state index in [1.807, 2.05) is 6.92 Å². The van der Waals surface area contributed by atoms with Crippen LogP contribution in [0.25, 0.3) is 6.08 Å². The number of carbonyl (C=O) groups is 1. The molecule has 3 rings (SSSR count). The average molecular weight is 322 g/mol. The summed E-state index contributed by atoms with van der Waals surface area (Å²) in [4.78, 5) is 16.0. The second-order valence-electron chi connectivity index (χ2n) is 4.41. The predicted molar refractivity (Wildman–Crippen MR) is 80.5 cm³/mol. The van der Waals surface area contributed by atoms with Gasteiger partial charge in [0.15, 0.2) is 5.70 Å². The standard InChI is InChI=1S/C15H9Cl2NO3/c1-8-2-4-10(20-8)7-13-15(19)21-14(18-13)9-3-5-11(16)12(17)6-9/h2-7H,1H3. The maximum Gasteiger partial charge on any atom is 0.363 e. The fourth-order valence-electron chi connectivity index (χ4n) is 1.83. The summed E-state index contributed by atoms with van der Waals surface area (Å²) in [5, 5.41) is 0.791. The van der Waals surface area contributed by atoms with Gasteiger partial charge >= 0.3 is 5.97 Å². The number of rotatable bonds is 2. The normalized spacial score (nSPS) is 16.2. The molecule has 0 unspecified atom stereocenters. The van der Waals surface area contributed by atoms with Crippen molar-refractivity contribution in [3.8, 4) is 0 Å². The van der Waals surface area contributed by atoms with Gasteiger partial charge in [0.1, 0.15) is 11.5 Å². The Kier molecular flexibility index (Phi) is 3.57. The van der Waals surface area contributed by atoms with Crippen LogP contribution in [0, 0.1) is 6.92 Å². The van der Waals surface area contributed by atoms with Crippen molar-refractivity contribution in [3.63, 3.8) is 0 Å². The van der Waals surface area contributed by atoms with E-state index in [4.69, 9.17) is 32.4 Å². The van der Waals surface area contributed by atoms with E-state index in [-0.39, 0.29) is 11.6 Å². The predicted octanol–water partition coefficient (Wildman–Crippen LogP) is 4.24. The van der Waals surface area contributed by atoms with Crippen molar-refractivity contribution in [3.05, 3.63) is 63.2 Å². The maximum absolute atomic E-state index is 11.8. The number of hydrogen-bond donors (Lipinski definition) is 0. The van der Waals surface area contributed by atoms with Crippen LogP contribution in [-0.2, 0) is 9.53 Å². The van der Waals surface area contributed by atoms with Gasteiger partial charge in [0.2, 0.25) is 5.90 Å². The van der Waals surface area contributed by atoms with Crippen LogP contribution >= 0.6 is 23.2 Å². The molecule has 0 amide bonds. The molecule has 0 N–H and O–H groups in total. The minimum absolute atomic E-state index is 0.172. The van der Waals surface area contributed by atoms with Gasteiger partial charge in [-0.1, -0.05) is 23.2 Å². The summed E-state index contributed by atoms with van der Waals surface area (Å²) in [6, 6.07) is 8.45. The van der Waals surface area contributed by atoms with Gasteiger partial charge in [-0.2, -0.15) is 0 Å². The number of aliphatic imine (C=N–C) groups is 1. The Balaban J connectivity index is 1.95. The summed E-state index contributed by atoms with van der Waals surface area (Å²) in [5.74, 6) is 0.943. The molecule has 1 aromatic heterocycles. The first-order valence-electron chi connectivity index (χ1n) is 6.07. The molecule has 0 spiro atoms. The zero-order valence-electron chi connectivity index (χ0n) is 10.9. The lowest BCUT2D eigenvalue weighted by molar-refractivity contribution is -0.129. The van der Waals surface area contributed by atoms with E-state index in [0.29, 0.717) is 21.4 Å². The largest absolute Gasteiger partial charge is 0.462 e. The number of hydrogen-bond acceptors (Lipinski definition) is 4. The highest BCUT2D eigenvalue weighted by atomic mass is 35.5. The molecule has 1 aliphatic rings. The zero-order valence-corrected chi connectivity index (χ0v) is 12.4. The summed E-state index contributed by atoms with van der Waals surface area (Å²) in [5.41, 5.74) is 0.752. The Morgan fingerprint density at radius 1 is 1.14 bits per heavy atom. The number of esters is 1. The van der Waals surface area contributed by atoms with Gasteiger partial charge in [0.25, 0.3) is 0 Å². The number of benzene rings is 1. The SMILES string of the molecule is Cc1ccc(C=C2N=C(c3ccc(Cl)c(Cl)c3)OC2=O)o1. The van der Waals surface area contributed by atoms with Gasteiger partial charge in [0, 0.05) is 11.6 Å². The number of aryl methyl sites for hydroxylation is 1. The molecule has 0 saturated heterocycles. The van der Waals surface area contributed by atoms with Crippen molar-refractivity contribution in [2.24, 2.45) is 4.99 Å².